The van der Waals surface area contributed by atoms with Crippen molar-refractivity contribution in [3.8, 4) is 17.6 Å². The largest absolute Gasteiger partial charge is 0.453 e. The van der Waals surface area contributed by atoms with Gasteiger partial charge < -0.3 is 14.9 Å². The van der Waals surface area contributed by atoms with Crippen molar-refractivity contribution in [2.45, 2.75) is 0 Å². The summed E-state index contributed by atoms with van der Waals surface area (Å²) in [6, 6.07) is 11.3. The average molecular weight is 241 g/mol. The summed E-state index contributed by atoms with van der Waals surface area (Å²) in [5, 5.41) is 19.2. The van der Waals surface area contributed by atoms with Crippen molar-refractivity contribution in [2.24, 2.45) is 0 Å². The molecule has 1 aromatic heterocycles. The topological polar surface area (TPSA) is 89.0 Å². The molecule has 2 rings (SSSR count). The van der Waals surface area contributed by atoms with Crippen LogP contribution >= 0.6 is 0 Å². The number of hydrogen-bond acceptors (Lipinski definition) is 5. The number of nitrogens with zero attached hydrogens (tertiary/aromatic N) is 3. The first kappa shape index (κ1) is 11.5. The summed E-state index contributed by atoms with van der Waals surface area (Å²) in [5.41, 5.74) is 0.474. The van der Waals surface area contributed by atoms with E-state index in [1.54, 1.807) is 24.3 Å². The predicted molar refractivity (Wildman–Crippen MR) is 62.1 cm³/mol. The van der Waals surface area contributed by atoms with Gasteiger partial charge in [-0.2, -0.15) is 5.26 Å². The minimum atomic E-state index is -0.583. The highest BCUT2D eigenvalue weighted by Crippen LogP contribution is 2.22. The van der Waals surface area contributed by atoms with Crippen LogP contribution in [0.25, 0.3) is 0 Å². The molecular weight excluding hydrogens is 234 g/mol. The number of nitriles is 1. The van der Waals surface area contributed by atoms with Crippen molar-refractivity contribution >= 4 is 5.82 Å². The van der Waals surface area contributed by atoms with E-state index >= 15 is 0 Å². The maximum atomic E-state index is 10.4. The van der Waals surface area contributed by atoms with Crippen molar-refractivity contribution < 1.29 is 9.66 Å². The molecule has 18 heavy (non-hydrogen) atoms. The van der Waals surface area contributed by atoms with Crippen LogP contribution in [-0.2, 0) is 0 Å². The number of aromatic nitrogens is 1. The molecule has 1 aromatic carbocycles. The van der Waals surface area contributed by atoms with Gasteiger partial charge in [-0.15, -0.1) is 0 Å². The molecular formula is C12H7N3O3. The minimum Gasteiger partial charge on any atom is -0.453 e. The molecule has 2 aromatic rings. The molecule has 0 atom stereocenters. The molecule has 0 aliphatic rings. The average Bonchev–Trinajstić information content (AvgIpc) is 2.39. The third kappa shape index (κ3) is 2.59. The standard InChI is InChI=1S/C12H7N3O3/c13-7-9-2-1-3-10(6-9)18-11-4-5-12(14-8-11)15(16)17/h1-6,8H. The Balaban J connectivity index is 2.18. The first-order chi connectivity index (χ1) is 8.69. The Bertz CT molecular complexity index is 617. The Kier molecular flexibility index (Phi) is 3.16. The van der Waals surface area contributed by atoms with Crippen LogP contribution in [0.2, 0.25) is 0 Å². The molecule has 0 spiro atoms. The molecule has 0 saturated carbocycles. The normalized spacial score (nSPS) is 9.50. The number of ether oxygens (including phenoxy) is 1. The van der Waals surface area contributed by atoms with E-state index in [4.69, 9.17) is 10.00 Å². The summed E-state index contributed by atoms with van der Waals surface area (Å²) in [7, 11) is 0. The Morgan fingerprint density at radius 3 is 2.72 bits per heavy atom. The van der Waals surface area contributed by atoms with Gasteiger partial charge in [-0.3, -0.25) is 0 Å². The molecule has 0 unspecified atom stereocenters. The van der Waals surface area contributed by atoms with Crippen LogP contribution in [0.4, 0.5) is 5.82 Å². The second-order valence-corrected chi connectivity index (χ2v) is 3.35. The van der Waals surface area contributed by atoms with E-state index in [-0.39, 0.29) is 5.82 Å². The predicted octanol–water partition coefficient (Wildman–Crippen LogP) is 2.65. The SMILES string of the molecule is N#Cc1cccc(Oc2ccc([N+](=O)[O-])nc2)c1. The van der Waals surface area contributed by atoms with Gasteiger partial charge in [0.15, 0.2) is 11.9 Å². The first-order valence-electron chi connectivity index (χ1n) is 4.97. The zero-order chi connectivity index (χ0) is 13.0. The maximum absolute atomic E-state index is 10.4. The molecule has 0 N–H and O–H groups in total. The summed E-state index contributed by atoms with van der Waals surface area (Å²) in [6.07, 6.45) is 1.26. The maximum Gasteiger partial charge on any atom is 0.363 e. The number of hydrogen-bond donors (Lipinski definition) is 0. The second kappa shape index (κ2) is 4.93. The van der Waals surface area contributed by atoms with Crippen molar-refractivity contribution in [2.75, 3.05) is 0 Å². The van der Waals surface area contributed by atoms with E-state index in [1.165, 1.54) is 18.3 Å². The number of pyridine rings is 1. The van der Waals surface area contributed by atoms with Crippen LogP contribution in [0.1, 0.15) is 5.56 Å². The smallest absolute Gasteiger partial charge is 0.363 e. The van der Waals surface area contributed by atoms with Gasteiger partial charge in [-0.1, -0.05) is 6.07 Å². The van der Waals surface area contributed by atoms with E-state index < -0.39 is 4.92 Å². The summed E-state index contributed by atoms with van der Waals surface area (Å²) < 4.78 is 5.42. The highest BCUT2D eigenvalue weighted by Gasteiger charge is 2.07. The third-order valence-corrected chi connectivity index (χ3v) is 2.11. The van der Waals surface area contributed by atoms with E-state index in [0.29, 0.717) is 17.1 Å². The molecule has 6 heteroatoms. The van der Waals surface area contributed by atoms with Gasteiger partial charge >= 0.3 is 5.82 Å². The van der Waals surface area contributed by atoms with Crippen molar-refractivity contribution in [1.29, 1.82) is 5.26 Å². The Hall–Kier alpha value is -2.94. The van der Waals surface area contributed by atoms with E-state index in [9.17, 15) is 10.1 Å². The fraction of sp³-hybridized carbons (Fsp3) is 0. The van der Waals surface area contributed by atoms with Gasteiger partial charge in [0.05, 0.1) is 11.6 Å². The van der Waals surface area contributed by atoms with Gasteiger partial charge in [0.25, 0.3) is 0 Å². The molecule has 0 bridgehead atoms. The van der Waals surface area contributed by atoms with Gasteiger partial charge in [-0.05, 0) is 34.2 Å². The highest BCUT2D eigenvalue weighted by atomic mass is 16.6. The zero-order valence-electron chi connectivity index (χ0n) is 9.11. The molecule has 0 aliphatic heterocycles. The monoisotopic (exact) mass is 241 g/mol. The molecule has 0 fully saturated rings. The lowest BCUT2D eigenvalue weighted by Gasteiger charge is -2.03. The fourth-order valence-electron chi connectivity index (χ4n) is 1.31. The molecule has 1 heterocycles. The zero-order valence-corrected chi connectivity index (χ0v) is 9.11. The van der Waals surface area contributed by atoms with Crippen LogP contribution in [0.3, 0.4) is 0 Å². The summed E-state index contributed by atoms with van der Waals surface area (Å²) in [4.78, 5) is 13.5. The van der Waals surface area contributed by atoms with Gasteiger partial charge in [-0.25, -0.2) is 0 Å². The Morgan fingerprint density at radius 1 is 1.28 bits per heavy atom. The Labute approximate surface area is 102 Å². The molecule has 6 nitrogen and oxygen atoms in total. The van der Waals surface area contributed by atoms with Crippen LogP contribution in [0, 0.1) is 21.4 Å². The molecule has 88 valence electrons. The van der Waals surface area contributed by atoms with Crippen LogP contribution < -0.4 is 4.74 Å². The highest BCUT2D eigenvalue weighted by molar-refractivity contribution is 5.39. The van der Waals surface area contributed by atoms with Gasteiger partial charge in [0.1, 0.15) is 5.75 Å². The lowest BCUT2D eigenvalue weighted by atomic mass is 10.2. The summed E-state index contributed by atoms with van der Waals surface area (Å²) in [6.45, 7) is 0. The third-order valence-electron chi connectivity index (χ3n) is 2.11. The quantitative estimate of drug-likeness (QED) is 0.608. The van der Waals surface area contributed by atoms with E-state index in [0.717, 1.165) is 0 Å². The molecule has 0 saturated heterocycles. The summed E-state index contributed by atoms with van der Waals surface area (Å²) in [5.74, 6) is 0.605. The van der Waals surface area contributed by atoms with Gasteiger partial charge in [0.2, 0.25) is 0 Å². The number of benzene rings is 1. The molecule has 0 radical (unpaired) electrons. The second-order valence-electron chi connectivity index (χ2n) is 3.35. The van der Waals surface area contributed by atoms with Crippen molar-refractivity contribution in [1.82, 2.24) is 4.98 Å². The minimum absolute atomic E-state index is 0.242. The number of rotatable bonds is 3. The van der Waals surface area contributed by atoms with E-state index in [1.807, 2.05) is 6.07 Å². The fourth-order valence-corrected chi connectivity index (χ4v) is 1.31. The van der Waals surface area contributed by atoms with Crippen molar-refractivity contribution in [3.05, 3.63) is 58.3 Å². The molecule has 0 amide bonds. The number of nitro groups is 1. The lowest BCUT2D eigenvalue weighted by molar-refractivity contribution is -0.389. The summed E-state index contributed by atoms with van der Waals surface area (Å²) >= 11 is 0. The van der Waals surface area contributed by atoms with Crippen molar-refractivity contribution in [3.63, 3.8) is 0 Å². The van der Waals surface area contributed by atoms with Crippen LogP contribution in [0.5, 0.6) is 11.5 Å². The van der Waals surface area contributed by atoms with Crippen LogP contribution in [-0.4, -0.2) is 9.91 Å². The molecule has 0 aliphatic carbocycles. The van der Waals surface area contributed by atoms with Gasteiger partial charge in [0, 0.05) is 6.07 Å². The van der Waals surface area contributed by atoms with E-state index in [2.05, 4.69) is 4.98 Å². The lowest BCUT2D eigenvalue weighted by Crippen LogP contribution is -1.92. The Morgan fingerprint density at radius 2 is 2.11 bits per heavy atom. The first-order valence-corrected chi connectivity index (χ1v) is 4.97. The van der Waals surface area contributed by atoms with Crippen LogP contribution in [0.15, 0.2) is 42.6 Å².